The minimum Gasteiger partial charge on any atom is -0.348 e. The van der Waals surface area contributed by atoms with Gasteiger partial charge in [0.05, 0.1) is 0 Å². The van der Waals surface area contributed by atoms with Gasteiger partial charge in [-0.1, -0.05) is 44.0 Å². The van der Waals surface area contributed by atoms with E-state index in [2.05, 4.69) is 12.2 Å². The first-order valence-corrected chi connectivity index (χ1v) is 9.01. The minimum absolute atomic E-state index is 0.0474. The number of carbonyl (C=O) groups excluding carboxylic acids is 2. The Bertz CT molecular complexity index is 731. The summed E-state index contributed by atoms with van der Waals surface area (Å²) >= 11 is 0. The lowest BCUT2D eigenvalue weighted by Gasteiger charge is -2.19. The third-order valence-corrected chi connectivity index (χ3v) is 4.35. The van der Waals surface area contributed by atoms with Crippen LogP contribution in [0.3, 0.4) is 0 Å². The van der Waals surface area contributed by atoms with Crippen LogP contribution in [0.15, 0.2) is 54.6 Å². The molecule has 2 aromatic carbocycles. The summed E-state index contributed by atoms with van der Waals surface area (Å²) in [5, 5.41) is 2.96. The Balaban J connectivity index is 2.11. The second-order valence-electron chi connectivity index (χ2n) is 6.33. The van der Waals surface area contributed by atoms with Crippen LogP contribution < -0.4 is 16.0 Å². The highest BCUT2D eigenvalue weighted by Crippen LogP contribution is 2.16. The number of rotatable bonds is 8. The molecule has 3 N–H and O–H groups in total. The highest BCUT2D eigenvalue weighted by Gasteiger charge is 2.17. The number of hydrogen-bond donors (Lipinski definition) is 2. The largest absolute Gasteiger partial charge is 0.348 e. The minimum atomic E-state index is -0.200. The van der Waals surface area contributed by atoms with E-state index in [9.17, 15) is 9.59 Å². The van der Waals surface area contributed by atoms with Gasteiger partial charge < -0.3 is 16.0 Å². The van der Waals surface area contributed by atoms with Gasteiger partial charge in [0.2, 0.25) is 0 Å². The lowest BCUT2D eigenvalue weighted by molar-refractivity contribution is 0.0935. The molecule has 0 aliphatic rings. The standard InChI is InChI=1S/C21H27N3O2/c1-3-4-11-18(15-22)23-20(25)16-9-8-10-17(14-16)21(26)24(2)19-12-6-5-7-13-19/h5-10,12-14,18H,3-4,11,15,22H2,1-2H3,(H,23,25). The third kappa shape index (κ3) is 5.17. The molecule has 0 fully saturated rings. The molecule has 2 rings (SSSR count). The monoisotopic (exact) mass is 353 g/mol. The van der Waals surface area contributed by atoms with Crippen LogP contribution in [0.1, 0.15) is 46.9 Å². The highest BCUT2D eigenvalue weighted by atomic mass is 16.2. The number of hydrogen-bond acceptors (Lipinski definition) is 3. The summed E-state index contributed by atoms with van der Waals surface area (Å²) in [5.41, 5.74) is 7.49. The predicted octanol–water partition coefficient (Wildman–Crippen LogP) is 3.21. The van der Waals surface area contributed by atoms with Crippen LogP contribution in [0, 0.1) is 0 Å². The fourth-order valence-electron chi connectivity index (χ4n) is 2.72. The van der Waals surface area contributed by atoms with Gasteiger partial charge in [-0.05, 0) is 36.8 Å². The number of carbonyl (C=O) groups is 2. The molecule has 0 aliphatic heterocycles. The van der Waals surface area contributed by atoms with Gasteiger partial charge in [0.1, 0.15) is 0 Å². The first-order chi connectivity index (χ1) is 12.6. The number of nitrogens with two attached hydrogens (primary N) is 1. The Kier molecular flexibility index (Phi) is 7.36. The first-order valence-electron chi connectivity index (χ1n) is 9.01. The summed E-state index contributed by atoms with van der Waals surface area (Å²) in [6.45, 7) is 2.51. The number of nitrogens with one attached hydrogen (secondary N) is 1. The van der Waals surface area contributed by atoms with E-state index in [-0.39, 0.29) is 17.9 Å². The Morgan fingerprint density at radius 2 is 1.77 bits per heavy atom. The van der Waals surface area contributed by atoms with Crippen LogP contribution in [0.2, 0.25) is 0 Å². The average molecular weight is 353 g/mol. The second kappa shape index (κ2) is 9.73. The van der Waals surface area contributed by atoms with Crippen LogP contribution in [-0.4, -0.2) is 31.4 Å². The maximum Gasteiger partial charge on any atom is 0.258 e. The maximum atomic E-state index is 12.7. The molecule has 138 valence electrons. The fraction of sp³-hybridized carbons (Fsp3) is 0.333. The molecular weight excluding hydrogens is 326 g/mol. The summed E-state index contributed by atoms with van der Waals surface area (Å²) < 4.78 is 0. The van der Waals surface area contributed by atoms with E-state index in [1.165, 1.54) is 0 Å². The molecule has 1 atom stereocenters. The van der Waals surface area contributed by atoms with Crippen LogP contribution in [0.5, 0.6) is 0 Å². The van der Waals surface area contributed by atoms with E-state index in [4.69, 9.17) is 5.73 Å². The molecule has 0 radical (unpaired) electrons. The molecule has 0 bridgehead atoms. The van der Waals surface area contributed by atoms with Gasteiger partial charge >= 0.3 is 0 Å². The van der Waals surface area contributed by atoms with Crippen molar-refractivity contribution in [1.82, 2.24) is 5.32 Å². The van der Waals surface area contributed by atoms with E-state index in [0.29, 0.717) is 17.7 Å². The van der Waals surface area contributed by atoms with E-state index >= 15 is 0 Å². The Hall–Kier alpha value is -2.66. The number of nitrogens with zero attached hydrogens (tertiary/aromatic N) is 1. The summed E-state index contributed by atoms with van der Waals surface area (Å²) in [7, 11) is 1.72. The molecule has 0 saturated carbocycles. The van der Waals surface area contributed by atoms with E-state index in [0.717, 1.165) is 24.9 Å². The van der Waals surface area contributed by atoms with Crippen molar-refractivity contribution >= 4 is 17.5 Å². The fourth-order valence-corrected chi connectivity index (χ4v) is 2.72. The topological polar surface area (TPSA) is 75.4 Å². The molecule has 26 heavy (non-hydrogen) atoms. The van der Waals surface area contributed by atoms with Crippen molar-refractivity contribution in [2.45, 2.75) is 32.2 Å². The zero-order chi connectivity index (χ0) is 18.9. The molecule has 0 aliphatic carbocycles. The predicted molar refractivity (Wildman–Crippen MR) is 105 cm³/mol. The maximum absolute atomic E-state index is 12.7. The SMILES string of the molecule is CCCCC(CN)NC(=O)c1cccc(C(=O)N(C)c2ccccc2)c1. The zero-order valence-electron chi connectivity index (χ0n) is 15.4. The zero-order valence-corrected chi connectivity index (χ0v) is 15.4. The summed E-state index contributed by atoms with van der Waals surface area (Å²) in [6.07, 6.45) is 2.93. The first kappa shape index (κ1) is 19.7. The van der Waals surface area contributed by atoms with E-state index in [1.54, 1.807) is 36.2 Å². The number of amides is 2. The molecule has 0 saturated heterocycles. The van der Waals surface area contributed by atoms with Crippen molar-refractivity contribution in [2.24, 2.45) is 5.73 Å². The van der Waals surface area contributed by atoms with Crippen molar-refractivity contribution in [3.8, 4) is 0 Å². The lowest BCUT2D eigenvalue weighted by atomic mass is 10.1. The molecule has 1 unspecified atom stereocenters. The van der Waals surface area contributed by atoms with Gasteiger partial charge in [-0.3, -0.25) is 9.59 Å². The number of anilines is 1. The molecular formula is C21H27N3O2. The second-order valence-corrected chi connectivity index (χ2v) is 6.33. The Morgan fingerprint density at radius 1 is 1.08 bits per heavy atom. The van der Waals surface area contributed by atoms with Gasteiger partial charge in [-0.15, -0.1) is 0 Å². The molecule has 0 aromatic heterocycles. The lowest BCUT2D eigenvalue weighted by Crippen LogP contribution is -2.40. The molecule has 0 spiro atoms. The number of benzene rings is 2. The van der Waals surface area contributed by atoms with Crippen molar-refractivity contribution < 1.29 is 9.59 Å². The van der Waals surface area contributed by atoms with Crippen molar-refractivity contribution in [3.63, 3.8) is 0 Å². The third-order valence-electron chi connectivity index (χ3n) is 4.35. The van der Waals surface area contributed by atoms with E-state index < -0.39 is 0 Å². The Labute approximate surface area is 155 Å². The smallest absolute Gasteiger partial charge is 0.258 e. The molecule has 5 heteroatoms. The Morgan fingerprint density at radius 3 is 2.42 bits per heavy atom. The molecule has 2 aromatic rings. The van der Waals surface area contributed by atoms with Crippen LogP contribution in [0.4, 0.5) is 5.69 Å². The highest BCUT2D eigenvalue weighted by molar-refractivity contribution is 6.07. The number of para-hydroxylation sites is 1. The normalized spacial score (nSPS) is 11.7. The number of unbranched alkanes of at least 4 members (excludes halogenated alkanes) is 1. The van der Waals surface area contributed by atoms with Crippen molar-refractivity contribution in [3.05, 3.63) is 65.7 Å². The average Bonchev–Trinajstić information content (AvgIpc) is 2.70. The molecule has 0 heterocycles. The summed E-state index contributed by atoms with van der Waals surface area (Å²) in [5.74, 6) is -0.360. The quantitative estimate of drug-likeness (QED) is 0.765. The van der Waals surface area contributed by atoms with Gasteiger partial charge in [0, 0.05) is 36.4 Å². The van der Waals surface area contributed by atoms with E-state index in [1.807, 2.05) is 30.3 Å². The summed E-state index contributed by atoms with van der Waals surface area (Å²) in [4.78, 5) is 26.8. The van der Waals surface area contributed by atoms with Gasteiger partial charge in [-0.25, -0.2) is 0 Å². The van der Waals surface area contributed by atoms with Gasteiger partial charge in [-0.2, -0.15) is 0 Å². The van der Waals surface area contributed by atoms with Crippen LogP contribution >= 0.6 is 0 Å². The van der Waals surface area contributed by atoms with Gasteiger partial charge in [0.25, 0.3) is 11.8 Å². The molecule has 2 amide bonds. The van der Waals surface area contributed by atoms with Crippen molar-refractivity contribution in [1.29, 1.82) is 0 Å². The summed E-state index contributed by atoms with van der Waals surface area (Å²) in [6, 6.07) is 16.1. The van der Waals surface area contributed by atoms with Crippen LogP contribution in [0.25, 0.3) is 0 Å². The molecule has 5 nitrogen and oxygen atoms in total. The van der Waals surface area contributed by atoms with Gasteiger partial charge in [0.15, 0.2) is 0 Å². The van der Waals surface area contributed by atoms with Crippen LogP contribution in [-0.2, 0) is 0 Å². The van der Waals surface area contributed by atoms with Crippen molar-refractivity contribution in [2.75, 3.05) is 18.5 Å².